The lowest BCUT2D eigenvalue weighted by molar-refractivity contribution is 0.222. The van der Waals surface area contributed by atoms with Crippen molar-refractivity contribution in [2.75, 3.05) is 44.6 Å². The summed E-state index contributed by atoms with van der Waals surface area (Å²) in [6.45, 7) is 5.01. The molecule has 0 unspecified atom stereocenters. The van der Waals surface area contributed by atoms with Crippen LogP contribution in [0.5, 0.6) is 0 Å². The summed E-state index contributed by atoms with van der Waals surface area (Å²) in [5, 5.41) is 7.64. The molecule has 3 aromatic carbocycles. The Labute approximate surface area is 254 Å². The zero-order chi connectivity index (χ0) is 29.2. The van der Waals surface area contributed by atoms with Gasteiger partial charge in [0, 0.05) is 48.5 Å². The summed E-state index contributed by atoms with van der Waals surface area (Å²) in [5.41, 5.74) is 6.37. The molecule has 1 aliphatic carbocycles. The van der Waals surface area contributed by atoms with Gasteiger partial charge in [-0.05, 0) is 106 Å². The number of nitrogens with one attached hydrogen (secondary N) is 2. The molecule has 2 fully saturated rings. The van der Waals surface area contributed by atoms with E-state index in [4.69, 9.17) is 4.98 Å². The fraction of sp³-hybridized carbons (Fsp3) is 0.412. The minimum atomic E-state index is -3.59. The number of rotatable bonds is 6. The van der Waals surface area contributed by atoms with Crippen molar-refractivity contribution in [3.63, 3.8) is 0 Å². The number of sulfonamides is 1. The molecule has 7 rings (SSSR count). The fourth-order valence-corrected chi connectivity index (χ4v) is 8.48. The van der Waals surface area contributed by atoms with Crippen LogP contribution in [0.15, 0.2) is 71.8 Å². The highest BCUT2D eigenvalue weighted by molar-refractivity contribution is 7.89. The molecular weight excluding hydrogens is 556 g/mol. The van der Waals surface area contributed by atoms with E-state index in [-0.39, 0.29) is 0 Å². The van der Waals surface area contributed by atoms with E-state index in [0.717, 1.165) is 53.5 Å². The molecule has 8 nitrogen and oxygen atoms in total. The van der Waals surface area contributed by atoms with Crippen LogP contribution in [-0.2, 0) is 22.9 Å². The molecule has 0 radical (unpaired) electrons. The summed E-state index contributed by atoms with van der Waals surface area (Å²) in [5.74, 6) is 0.532. The molecule has 1 atom stereocenters. The molecule has 43 heavy (non-hydrogen) atoms. The predicted octanol–water partition coefficient (Wildman–Crippen LogP) is 5.37. The monoisotopic (exact) mass is 596 g/mol. The van der Waals surface area contributed by atoms with Gasteiger partial charge < -0.3 is 15.5 Å². The van der Waals surface area contributed by atoms with E-state index in [0.29, 0.717) is 36.5 Å². The predicted molar refractivity (Wildman–Crippen MR) is 172 cm³/mol. The van der Waals surface area contributed by atoms with Crippen LogP contribution in [0.2, 0.25) is 0 Å². The van der Waals surface area contributed by atoms with Crippen LogP contribution in [0.4, 0.5) is 11.6 Å². The molecular formula is C34H40N6O2S. The summed E-state index contributed by atoms with van der Waals surface area (Å²) in [4.78, 5) is 12.6. The van der Waals surface area contributed by atoms with Crippen LogP contribution in [0, 0.1) is 0 Å². The normalized spacial score (nSPS) is 20.4. The van der Waals surface area contributed by atoms with Gasteiger partial charge in [0.1, 0.15) is 0 Å². The van der Waals surface area contributed by atoms with Crippen molar-refractivity contribution in [3.8, 4) is 11.1 Å². The van der Waals surface area contributed by atoms with Crippen LogP contribution in [-0.4, -0.2) is 72.9 Å². The summed E-state index contributed by atoms with van der Waals surface area (Å²) in [7, 11) is -3.59. The molecule has 0 bridgehead atoms. The second-order valence-corrected chi connectivity index (χ2v) is 14.0. The molecule has 1 aromatic heterocycles. The number of likely N-dealkylation sites (tertiary alicyclic amines) is 1. The molecule has 4 aromatic rings. The smallest absolute Gasteiger partial charge is 0.243 e. The van der Waals surface area contributed by atoms with Crippen LogP contribution in [0.25, 0.3) is 22.0 Å². The minimum Gasteiger partial charge on any atom is -0.324 e. The van der Waals surface area contributed by atoms with E-state index >= 15 is 0 Å². The lowest BCUT2D eigenvalue weighted by atomic mass is 10.0. The SMILES string of the molecule is O=S(=O)(c1cccc(-c2cccc3cnc(Nc4ccc5c(c4)CC[C@@H](N4CCCC4)CC5)nc23)c1)N1CCCNCC1. The van der Waals surface area contributed by atoms with Crippen molar-refractivity contribution >= 4 is 32.6 Å². The molecule has 2 aliphatic heterocycles. The molecule has 0 amide bonds. The standard InChI is InChI=1S/C34H40N6O2S/c41-43(42,40-20-5-16-35-17-21-40)31-8-3-6-27(23-31)32-9-4-7-28-24-36-34(38-33(28)32)37-29-13-10-25-11-14-30(15-12-26(25)22-29)39-18-1-2-19-39/h3-4,6-10,13,22-24,30,35H,1-2,5,11-12,14-21H2,(H,36,37,38)/t30-/m0/s1. The third-order valence-electron chi connectivity index (χ3n) is 9.31. The van der Waals surface area contributed by atoms with Gasteiger partial charge in [0.25, 0.3) is 0 Å². The van der Waals surface area contributed by atoms with E-state index in [1.54, 1.807) is 16.4 Å². The van der Waals surface area contributed by atoms with Gasteiger partial charge in [-0.3, -0.25) is 0 Å². The number of aryl methyl sites for hydroxylation is 2. The first-order chi connectivity index (χ1) is 21.0. The van der Waals surface area contributed by atoms with E-state index in [2.05, 4.69) is 38.7 Å². The average Bonchev–Trinajstić information content (AvgIpc) is 3.30. The number of anilines is 2. The Morgan fingerprint density at radius 2 is 1.67 bits per heavy atom. The van der Waals surface area contributed by atoms with Crippen molar-refractivity contribution in [1.82, 2.24) is 24.5 Å². The van der Waals surface area contributed by atoms with Crippen molar-refractivity contribution in [1.29, 1.82) is 0 Å². The molecule has 9 heteroatoms. The Hall–Kier alpha value is -3.37. The van der Waals surface area contributed by atoms with Crippen molar-refractivity contribution in [3.05, 3.63) is 78.0 Å². The summed E-state index contributed by atoms with van der Waals surface area (Å²) in [6.07, 6.45) is 10.0. The second kappa shape index (κ2) is 12.3. The van der Waals surface area contributed by atoms with E-state index in [9.17, 15) is 8.42 Å². The van der Waals surface area contributed by atoms with Crippen molar-refractivity contribution in [2.45, 2.75) is 55.9 Å². The number of nitrogens with zero attached hydrogens (tertiary/aromatic N) is 4. The minimum absolute atomic E-state index is 0.313. The first-order valence-corrected chi connectivity index (χ1v) is 17.2. The van der Waals surface area contributed by atoms with Crippen LogP contribution in [0.1, 0.15) is 43.2 Å². The zero-order valence-corrected chi connectivity index (χ0v) is 25.5. The summed E-state index contributed by atoms with van der Waals surface area (Å²) in [6, 6.07) is 20.6. The molecule has 224 valence electrons. The van der Waals surface area contributed by atoms with Crippen LogP contribution < -0.4 is 10.6 Å². The Bertz CT molecular complexity index is 1710. The Morgan fingerprint density at radius 3 is 2.56 bits per heavy atom. The highest BCUT2D eigenvalue weighted by atomic mass is 32.2. The van der Waals surface area contributed by atoms with Crippen LogP contribution in [0.3, 0.4) is 0 Å². The van der Waals surface area contributed by atoms with Crippen LogP contribution >= 0.6 is 0 Å². The number of aromatic nitrogens is 2. The summed E-state index contributed by atoms with van der Waals surface area (Å²) >= 11 is 0. The largest absolute Gasteiger partial charge is 0.324 e. The van der Waals surface area contributed by atoms with E-state index < -0.39 is 10.0 Å². The highest BCUT2D eigenvalue weighted by Crippen LogP contribution is 2.32. The third-order valence-corrected chi connectivity index (χ3v) is 11.2. The molecule has 0 spiro atoms. The maximum atomic E-state index is 13.5. The second-order valence-electron chi connectivity index (χ2n) is 12.1. The Balaban J connectivity index is 1.14. The van der Waals surface area contributed by atoms with Gasteiger partial charge in [-0.25, -0.2) is 18.4 Å². The number of hydrogen-bond acceptors (Lipinski definition) is 7. The highest BCUT2D eigenvalue weighted by Gasteiger charge is 2.26. The first-order valence-electron chi connectivity index (χ1n) is 15.7. The van der Waals surface area contributed by atoms with Gasteiger partial charge in [-0.1, -0.05) is 36.4 Å². The lowest BCUT2D eigenvalue weighted by Crippen LogP contribution is -2.34. The first kappa shape index (κ1) is 28.4. The topological polar surface area (TPSA) is 90.5 Å². The van der Waals surface area contributed by atoms with Gasteiger partial charge in [-0.15, -0.1) is 0 Å². The fourth-order valence-electron chi connectivity index (χ4n) is 6.95. The van der Waals surface area contributed by atoms with E-state index in [1.165, 1.54) is 49.9 Å². The number of para-hydroxylation sites is 1. The molecule has 3 heterocycles. The molecule has 0 saturated carbocycles. The zero-order valence-electron chi connectivity index (χ0n) is 24.6. The maximum Gasteiger partial charge on any atom is 0.243 e. The lowest BCUT2D eigenvalue weighted by Gasteiger charge is -2.25. The van der Waals surface area contributed by atoms with Crippen molar-refractivity contribution < 1.29 is 8.42 Å². The average molecular weight is 597 g/mol. The molecule has 3 aliphatic rings. The van der Waals surface area contributed by atoms with Gasteiger partial charge in [0.15, 0.2) is 0 Å². The quantitative estimate of drug-likeness (QED) is 0.290. The van der Waals surface area contributed by atoms with Crippen molar-refractivity contribution in [2.24, 2.45) is 0 Å². The number of fused-ring (bicyclic) bond motifs is 2. The summed E-state index contributed by atoms with van der Waals surface area (Å²) < 4.78 is 28.6. The van der Waals surface area contributed by atoms with Gasteiger partial charge >= 0.3 is 0 Å². The molecule has 2 saturated heterocycles. The Morgan fingerprint density at radius 1 is 0.837 bits per heavy atom. The van der Waals surface area contributed by atoms with Gasteiger partial charge in [0.2, 0.25) is 16.0 Å². The maximum absolute atomic E-state index is 13.5. The third kappa shape index (κ3) is 6.04. The Kier molecular flexibility index (Phi) is 8.14. The van der Waals surface area contributed by atoms with Gasteiger partial charge in [-0.2, -0.15) is 4.31 Å². The van der Waals surface area contributed by atoms with Gasteiger partial charge in [0.05, 0.1) is 10.4 Å². The number of hydrogen-bond donors (Lipinski definition) is 2. The number of benzene rings is 3. The van der Waals surface area contributed by atoms with E-state index in [1.807, 2.05) is 36.5 Å². The molecule has 2 N–H and O–H groups in total.